The molecule has 5 N–H and O–H groups in total. The predicted molar refractivity (Wildman–Crippen MR) is 205 cm³/mol. The lowest BCUT2D eigenvalue weighted by atomic mass is 10.00. The first-order chi connectivity index (χ1) is 23.5. The van der Waals surface area contributed by atoms with Gasteiger partial charge in [-0.3, -0.25) is 4.79 Å². The molecule has 282 valence electrons. The highest BCUT2D eigenvalue weighted by molar-refractivity contribution is 5.80. The molecule has 0 saturated carbocycles. The molecule has 0 radical (unpaired) electrons. The second-order valence-electron chi connectivity index (χ2n) is 14.0. The summed E-state index contributed by atoms with van der Waals surface area (Å²) in [5, 5.41) is 43.5. The summed E-state index contributed by atoms with van der Waals surface area (Å²) in [6, 6.07) is -1.01. The Balaban J connectivity index is 3.84. The zero-order chi connectivity index (χ0) is 35.3. The van der Waals surface area contributed by atoms with E-state index in [0.29, 0.717) is 19.3 Å². The van der Waals surface area contributed by atoms with Crippen LogP contribution in [0.4, 0.5) is 0 Å². The largest absolute Gasteiger partial charge is 0.394 e. The van der Waals surface area contributed by atoms with E-state index < -0.39 is 36.9 Å². The number of carbonyl (C=O) groups excluding carboxylic acids is 1. The molecule has 0 heterocycles. The number of aliphatic hydroxyl groups is 4. The van der Waals surface area contributed by atoms with Crippen molar-refractivity contribution in [3.8, 4) is 0 Å². The summed E-state index contributed by atoms with van der Waals surface area (Å²) >= 11 is 0. The van der Waals surface area contributed by atoms with E-state index >= 15 is 0 Å². The lowest BCUT2D eigenvalue weighted by Gasteiger charge is -2.27. The van der Waals surface area contributed by atoms with Gasteiger partial charge in [-0.2, -0.15) is 0 Å². The summed E-state index contributed by atoms with van der Waals surface area (Å²) in [5.74, 6) is -0.600. The third-order valence-corrected chi connectivity index (χ3v) is 9.31. The number of amides is 1. The van der Waals surface area contributed by atoms with Crippen LogP contribution in [-0.2, 0) is 4.79 Å². The average Bonchev–Trinajstić information content (AvgIpc) is 3.09. The second kappa shape index (κ2) is 36.8. The van der Waals surface area contributed by atoms with Gasteiger partial charge >= 0.3 is 0 Å². The van der Waals surface area contributed by atoms with Crippen LogP contribution in [0, 0.1) is 0 Å². The molecule has 0 spiro atoms. The van der Waals surface area contributed by atoms with Crippen molar-refractivity contribution >= 4 is 5.91 Å². The van der Waals surface area contributed by atoms with Gasteiger partial charge in [-0.05, 0) is 57.8 Å². The molecule has 0 rings (SSSR count). The number of allylic oxidation sites excluding steroid dienone is 6. The van der Waals surface area contributed by atoms with Gasteiger partial charge in [-0.15, -0.1) is 0 Å². The van der Waals surface area contributed by atoms with Gasteiger partial charge in [0.25, 0.3) is 0 Å². The fourth-order valence-electron chi connectivity index (χ4n) is 6.01. The molecule has 0 aliphatic carbocycles. The number of carbonyl (C=O) groups is 1. The number of unbranched alkanes of at least 4 members (excludes halogenated alkanes) is 21. The molecule has 0 aliphatic heterocycles. The first-order valence-corrected chi connectivity index (χ1v) is 20.4. The van der Waals surface area contributed by atoms with E-state index in [0.717, 1.165) is 51.4 Å². The van der Waals surface area contributed by atoms with Gasteiger partial charge in [0.05, 0.1) is 18.8 Å². The van der Waals surface area contributed by atoms with E-state index in [1.54, 1.807) is 0 Å². The Hall–Kier alpha value is -1.47. The molecule has 6 nitrogen and oxygen atoms in total. The van der Waals surface area contributed by atoms with Crippen LogP contribution < -0.4 is 5.32 Å². The van der Waals surface area contributed by atoms with Crippen LogP contribution in [-0.4, -0.2) is 57.3 Å². The van der Waals surface area contributed by atoms with Gasteiger partial charge in [0.2, 0.25) is 5.91 Å². The van der Waals surface area contributed by atoms with E-state index in [1.807, 2.05) is 0 Å². The maximum atomic E-state index is 12.5. The molecular weight excluding hydrogens is 598 g/mol. The van der Waals surface area contributed by atoms with Crippen molar-refractivity contribution in [2.75, 3.05) is 6.61 Å². The Labute approximate surface area is 297 Å². The van der Waals surface area contributed by atoms with Crippen LogP contribution in [0.2, 0.25) is 0 Å². The Bertz CT molecular complexity index is 767. The predicted octanol–water partition coefficient (Wildman–Crippen LogP) is 10.2. The quantitative estimate of drug-likeness (QED) is 0.0335. The summed E-state index contributed by atoms with van der Waals surface area (Å²) in [6.07, 6.45) is 41.6. The third-order valence-electron chi connectivity index (χ3n) is 9.31. The van der Waals surface area contributed by atoms with Crippen molar-refractivity contribution in [3.63, 3.8) is 0 Å². The van der Waals surface area contributed by atoms with Crippen molar-refractivity contribution in [1.29, 1.82) is 0 Å². The van der Waals surface area contributed by atoms with Crippen molar-refractivity contribution < 1.29 is 25.2 Å². The third kappa shape index (κ3) is 30.6. The fraction of sp³-hybridized carbons (Fsp3) is 0.833. The Morgan fingerprint density at radius 2 is 0.875 bits per heavy atom. The van der Waals surface area contributed by atoms with Gasteiger partial charge in [-0.1, -0.05) is 172 Å². The maximum Gasteiger partial charge on any atom is 0.249 e. The lowest BCUT2D eigenvalue weighted by Crippen LogP contribution is -2.53. The Morgan fingerprint density at radius 3 is 1.29 bits per heavy atom. The highest BCUT2D eigenvalue weighted by Gasteiger charge is 2.28. The molecular formula is C42H79NO5. The van der Waals surface area contributed by atoms with Crippen LogP contribution >= 0.6 is 0 Å². The number of nitrogens with one attached hydrogen (secondary N) is 1. The molecule has 1 amide bonds. The summed E-state index contributed by atoms with van der Waals surface area (Å²) in [4.78, 5) is 12.5. The summed E-state index contributed by atoms with van der Waals surface area (Å²) in [7, 11) is 0. The molecule has 0 aliphatic rings. The molecule has 4 atom stereocenters. The van der Waals surface area contributed by atoms with E-state index in [2.05, 4.69) is 55.6 Å². The van der Waals surface area contributed by atoms with Gasteiger partial charge in [-0.25, -0.2) is 0 Å². The molecule has 0 fully saturated rings. The molecule has 0 aromatic rings. The molecule has 0 aromatic heterocycles. The van der Waals surface area contributed by atoms with Gasteiger partial charge in [0.1, 0.15) is 12.2 Å². The van der Waals surface area contributed by atoms with Crippen molar-refractivity contribution in [1.82, 2.24) is 5.32 Å². The zero-order valence-electron chi connectivity index (χ0n) is 31.5. The fourth-order valence-corrected chi connectivity index (χ4v) is 6.01. The van der Waals surface area contributed by atoms with Crippen molar-refractivity contribution in [2.24, 2.45) is 0 Å². The van der Waals surface area contributed by atoms with E-state index in [9.17, 15) is 25.2 Å². The van der Waals surface area contributed by atoms with Crippen molar-refractivity contribution in [2.45, 2.75) is 218 Å². The average molecular weight is 678 g/mol. The Kier molecular flexibility index (Phi) is 35.7. The number of aliphatic hydroxyl groups excluding tert-OH is 4. The summed E-state index contributed by atoms with van der Waals surface area (Å²) in [5.41, 5.74) is 0. The van der Waals surface area contributed by atoms with Crippen LogP contribution in [0.15, 0.2) is 36.5 Å². The molecule has 6 heteroatoms. The van der Waals surface area contributed by atoms with Crippen LogP contribution in [0.3, 0.4) is 0 Å². The standard InChI is InChI=1S/C42H79NO5/c1-3-5-7-9-11-13-15-17-19-20-22-24-26-28-30-32-34-36-40(46)42(48)43-38(37-44)41(47)39(45)35-33-31-29-27-25-23-21-18-16-14-12-10-8-6-4-2/h10,12,18,21,27,29,38-41,44-47H,3-9,11,13-17,19-20,22-26,28,30-37H2,1-2H3,(H,43,48)/b12-10+,21-18+,29-27+. The van der Waals surface area contributed by atoms with Crippen LogP contribution in [0.5, 0.6) is 0 Å². The second-order valence-corrected chi connectivity index (χ2v) is 14.0. The molecule has 0 bridgehead atoms. The van der Waals surface area contributed by atoms with E-state index in [1.165, 1.54) is 109 Å². The van der Waals surface area contributed by atoms with Gasteiger partial charge in [0, 0.05) is 0 Å². The minimum Gasteiger partial charge on any atom is -0.394 e. The zero-order valence-corrected chi connectivity index (χ0v) is 31.5. The highest BCUT2D eigenvalue weighted by atomic mass is 16.3. The maximum absolute atomic E-state index is 12.5. The molecule has 4 unspecified atom stereocenters. The monoisotopic (exact) mass is 678 g/mol. The first-order valence-electron chi connectivity index (χ1n) is 20.4. The number of hydrogen-bond donors (Lipinski definition) is 5. The minimum atomic E-state index is -1.29. The summed E-state index contributed by atoms with van der Waals surface area (Å²) in [6.45, 7) is 3.98. The topological polar surface area (TPSA) is 110 Å². The molecule has 0 saturated heterocycles. The first kappa shape index (κ1) is 46.5. The minimum absolute atomic E-state index is 0.361. The smallest absolute Gasteiger partial charge is 0.249 e. The van der Waals surface area contributed by atoms with E-state index in [4.69, 9.17) is 0 Å². The molecule has 0 aromatic carbocycles. The van der Waals surface area contributed by atoms with Gasteiger partial charge < -0.3 is 25.7 Å². The van der Waals surface area contributed by atoms with Crippen LogP contribution in [0.25, 0.3) is 0 Å². The summed E-state index contributed by atoms with van der Waals surface area (Å²) < 4.78 is 0. The SMILES string of the molecule is CCCC/C=C/CC/C=C/CC/C=C/CCCC(O)C(O)C(CO)NC(=O)C(O)CCCCCCCCCCCCCCCCCCC. The lowest BCUT2D eigenvalue weighted by molar-refractivity contribution is -0.132. The Morgan fingerprint density at radius 1 is 0.500 bits per heavy atom. The van der Waals surface area contributed by atoms with Crippen LogP contribution in [0.1, 0.15) is 194 Å². The number of hydrogen-bond acceptors (Lipinski definition) is 5. The van der Waals surface area contributed by atoms with E-state index in [-0.39, 0.29) is 0 Å². The van der Waals surface area contributed by atoms with Crippen molar-refractivity contribution in [3.05, 3.63) is 36.5 Å². The normalized spacial score (nSPS) is 14.7. The number of rotatable bonds is 36. The highest BCUT2D eigenvalue weighted by Crippen LogP contribution is 2.15. The molecule has 48 heavy (non-hydrogen) atoms. The van der Waals surface area contributed by atoms with Gasteiger partial charge in [0.15, 0.2) is 0 Å².